The molecule has 1 saturated heterocycles. The Morgan fingerprint density at radius 2 is 2.25 bits per heavy atom. The van der Waals surface area contributed by atoms with E-state index in [-0.39, 0.29) is 0 Å². The molecule has 1 fully saturated rings. The SMILES string of the molecule is CC(C)N1CCC(N(C)C=O)C1. The molecule has 0 N–H and O–H groups in total. The third-order valence-corrected chi connectivity index (χ3v) is 2.67. The van der Waals surface area contributed by atoms with E-state index in [0.717, 1.165) is 25.9 Å². The molecular formula is C9H18N2O. The van der Waals surface area contributed by atoms with E-state index in [2.05, 4.69) is 18.7 Å². The minimum Gasteiger partial charge on any atom is -0.344 e. The zero-order valence-corrected chi connectivity index (χ0v) is 8.16. The fraction of sp³-hybridized carbons (Fsp3) is 0.889. The van der Waals surface area contributed by atoms with Crippen molar-refractivity contribution in [2.75, 3.05) is 20.1 Å². The third kappa shape index (κ3) is 1.97. The first-order valence-corrected chi connectivity index (χ1v) is 4.56. The number of carbonyl (C=O) groups is 1. The average molecular weight is 170 g/mol. The zero-order chi connectivity index (χ0) is 9.14. The van der Waals surface area contributed by atoms with Crippen LogP contribution in [0.15, 0.2) is 0 Å². The number of nitrogens with zero attached hydrogens (tertiary/aromatic N) is 2. The highest BCUT2D eigenvalue weighted by Gasteiger charge is 2.26. The molecule has 0 saturated carbocycles. The van der Waals surface area contributed by atoms with Gasteiger partial charge in [0.05, 0.1) is 0 Å². The Labute approximate surface area is 74.3 Å². The first kappa shape index (κ1) is 9.52. The van der Waals surface area contributed by atoms with Crippen LogP contribution < -0.4 is 0 Å². The summed E-state index contributed by atoms with van der Waals surface area (Å²) < 4.78 is 0. The summed E-state index contributed by atoms with van der Waals surface area (Å²) >= 11 is 0. The molecule has 1 aliphatic rings. The van der Waals surface area contributed by atoms with Gasteiger partial charge in [0.2, 0.25) is 6.41 Å². The summed E-state index contributed by atoms with van der Waals surface area (Å²) in [6.45, 7) is 6.56. The normalized spacial score (nSPS) is 24.8. The number of rotatable bonds is 3. The fourth-order valence-electron chi connectivity index (χ4n) is 1.66. The summed E-state index contributed by atoms with van der Waals surface area (Å²) in [4.78, 5) is 14.7. The maximum Gasteiger partial charge on any atom is 0.209 e. The van der Waals surface area contributed by atoms with Crippen LogP contribution >= 0.6 is 0 Å². The van der Waals surface area contributed by atoms with E-state index in [1.165, 1.54) is 0 Å². The van der Waals surface area contributed by atoms with Gasteiger partial charge in [0.15, 0.2) is 0 Å². The van der Waals surface area contributed by atoms with Gasteiger partial charge in [-0.05, 0) is 20.3 Å². The lowest BCUT2D eigenvalue weighted by molar-refractivity contribution is -0.118. The lowest BCUT2D eigenvalue weighted by Gasteiger charge is -2.23. The Balaban J connectivity index is 2.40. The largest absolute Gasteiger partial charge is 0.344 e. The fourth-order valence-corrected chi connectivity index (χ4v) is 1.66. The molecule has 0 aliphatic carbocycles. The van der Waals surface area contributed by atoms with E-state index in [4.69, 9.17) is 0 Å². The second kappa shape index (κ2) is 3.90. The maximum atomic E-state index is 10.5. The van der Waals surface area contributed by atoms with Crippen molar-refractivity contribution in [2.45, 2.75) is 32.4 Å². The molecule has 3 heteroatoms. The van der Waals surface area contributed by atoms with Crippen LogP contribution in [0.3, 0.4) is 0 Å². The van der Waals surface area contributed by atoms with Gasteiger partial charge in [-0.15, -0.1) is 0 Å². The molecule has 12 heavy (non-hydrogen) atoms. The smallest absolute Gasteiger partial charge is 0.209 e. The van der Waals surface area contributed by atoms with Crippen LogP contribution in [-0.2, 0) is 4.79 Å². The highest BCUT2D eigenvalue weighted by molar-refractivity contribution is 5.47. The van der Waals surface area contributed by atoms with Crippen molar-refractivity contribution < 1.29 is 4.79 Å². The molecule has 3 nitrogen and oxygen atoms in total. The predicted molar refractivity (Wildman–Crippen MR) is 48.9 cm³/mol. The van der Waals surface area contributed by atoms with Crippen molar-refractivity contribution in [3.05, 3.63) is 0 Å². The van der Waals surface area contributed by atoms with E-state index >= 15 is 0 Å². The first-order chi connectivity index (χ1) is 5.65. The highest BCUT2D eigenvalue weighted by atomic mass is 16.1. The minimum absolute atomic E-state index is 0.435. The first-order valence-electron chi connectivity index (χ1n) is 4.56. The quantitative estimate of drug-likeness (QED) is 0.578. The van der Waals surface area contributed by atoms with Crippen LogP contribution in [0.1, 0.15) is 20.3 Å². The number of likely N-dealkylation sites (tertiary alicyclic amines) is 1. The molecule has 1 aliphatic heterocycles. The molecule has 1 atom stereocenters. The van der Waals surface area contributed by atoms with Crippen LogP contribution in [0.25, 0.3) is 0 Å². The topological polar surface area (TPSA) is 23.6 Å². The van der Waals surface area contributed by atoms with Gasteiger partial charge in [0.25, 0.3) is 0 Å². The highest BCUT2D eigenvalue weighted by Crippen LogP contribution is 2.15. The van der Waals surface area contributed by atoms with Gasteiger partial charge in [0.1, 0.15) is 0 Å². The maximum absolute atomic E-state index is 10.5. The predicted octanol–water partition coefficient (Wildman–Crippen LogP) is 0.557. The minimum atomic E-state index is 0.435. The Hall–Kier alpha value is -0.570. The molecule has 0 aromatic carbocycles. The molecule has 0 aromatic rings. The second-order valence-electron chi connectivity index (χ2n) is 3.80. The van der Waals surface area contributed by atoms with Crippen molar-refractivity contribution in [1.29, 1.82) is 0 Å². The average Bonchev–Trinajstić information content (AvgIpc) is 2.51. The lowest BCUT2D eigenvalue weighted by atomic mass is 10.2. The number of carbonyl (C=O) groups excluding carboxylic acids is 1. The molecule has 1 unspecified atom stereocenters. The second-order valence-corrected chi connectivity index (χ2v) is 3.80. The number of hydrogen-bond donors (Lipinski definition) is 0. The number of hydrogen-bond acceptors (Lipinski definition) is 2. The van der Waals surface area contributed by atoms with Crippen molar-refractivity contribution in [2.24, 2.45) is 0 Å². The summed E-state index contributed by atoms with van der Waals surface area (Å²) in [5.74, 6) is 0. The van der Waals surface area contributed by atoms with E-state index in [1.54, 1.807) is 4.90 Å². The van der Waals surface area contributed by atoms with Gasteiger partial charge in [-0.3, -0.25) is 9.69 Å². The van der Waals surface area contributed by atoms with Crippen molar-refractivity contribution in [3.63, 3.8) is 0 Å². The molecule has 0 spiro atoms. The van der Waals surface area contributed by atoms with Gasteiger partial charge >= 0.3 is 0 Å². The van der Waals surface area contributed by atoms with E-state index in [0.29, 0.717) is 12.1 Å². The van der Waals surface area contributed by atoms with Crippen molar-refractivity contribution in [1.82, 2.24) is 9.80 Å². The summed E-state index contributed by atoms with van der Waals surface area (Å²) in [6, 6.07) is 1.04. The molecule has 0 radical (unpaired) electrons. The third-order valence-electron chi connectivity index (χ3n) is 2.67. The summed E-state index contributed by atoms with van der Waals surface area (Å²) in [5.41, 5.74) is 0. The zero-order valence-electron chi connectivity index (χ0n) is 8.16. The van der Waals surface area contributed by atoms with E-state index in [1.807, 2.05) is 7.05 Å². The number of amides is 1. The van der Waals surface area contributed by atoms with E-state index < -0.39 is 0 Å². The molecule has 0 bridgehead atoms. The molecule has 1 rings (SSSR count). The lowest BCUT2D eigenvalue weighted by Crippen LogP contribution is -2.35. The summed E-state index contributed by atoms with van der Waals surface area (Å²) in [6.07, 6.45) is 2.04. The van der Waals surface area contributed by atoms with Gasteiger partial charge in [0, 0.05) is 32.2 Å². The number of likely N-dealkylation sites (N-methyl/N-ethyl adjacent to an activating group) is 1. The summed E-state index contributed by atoms with van der Waals surface area (Å²) in [5, 5.41) is 0. The molecule has 70 valence electrons. The monoisotopic (exact) mass is 170 g/mol. The Morgan fingerprint density at radius 3 is 2.67 bits per heavy atom. The van der Waals surface area contributed by atoms with Crippen LogP contribution in [0.2, 0.25) is 0 Å². The molecule has 1 heterocycles. The Morgan fingerprint density at radius 1 is 1.58 bits per heavy atom. The van der Waals surface area contributed by atoms with Gasteiger partial charge in [-0.1, -0.05) is 0 Å². The van der Waals surface area contributed by atoms with E-state index in [9.17, 15) is 4.79 Å². The molecule has 1 amide bonds. The van der Waals surface area contributed by atoms with Gasteiger partial charge in [-0.2, -0.15) is 0 Å². The van der Waals surface area contributed by atoms with Crippen LogP contribution in [-0.4, -0.2) is 48.4 Å². The van der Waals surface area contributed by atoms with Crippen molar-refractivity contribution in [3.8, 4) is 0 Å². The Bertz CT molecular complexity index is 159. The van der Waals surface area contributed by atoms with Gasteiger partial charge < -0.3 is 4.90 Å². The Kier molecular flexibility index (Phi) is 3.09. The van der Waals surface area contributed by atoms with Crippen LogP contribution in [0, 0.1) is 0 Å². The van der Waals surface area contributed by atoms with Crippen molar-refractivity contribution >= 4 is 6.41 Å². The van der Waals surface area contributed by atoms with Gasteiger partial charge in [-0.25, -0.2) is 0 Å². The standard InChI is InChI=1S/C9H18N2O/c1-8(2)11-5-4-9(6-11)10(3)7-12/h7-9H,4-6H2,1-3H3. The van der Waals surface area contributed by atoms with Crippen LogP contribution in [0.4, 0.5) is 0 Å². The van der Waals surface area contributed by atoms with Crippen LogP contribution in [0.5, 0.6) is 0 Å². The molecule has 0 aromatic heterocycles. The summed E-state index contributed by atoms with van der Waals surface area (Å²) in [7, 11) is 1.86. The molecular weight excluding hydrogens is 152 g/mol.